The van der Waals surface area contributed by atoms with E-state index >= 15 is 0 Å². The summed E-state index contributed by atoms with van der Waals surface area (Å²) < 4.78 is 5.64. The number of ketones is 1. The lowest BCUT2D eigenvalue weighted by Gasteiger charge is -2.17. The van der Waals surface area contributed by atoms with Gasteiger partial charge in [0.15, 0.2) is 6.10 Å². The average Bonchev–Trinajstić information content (AvgIpc) is 3.21. The molecule has 0 bridgehead atoms. The Bertz CT molecular complexity index is 1240. The van der Waals surface area contributed by atoms with E-state index in [4.69, 9.17) is 10.00 Å². The van der Waals surface area contributed by atoms with Gasteiger partial charge in [-0.1, -0.05) is 54.6 Å². The molecule has 0 amide bonds. The van der Waals surface area contributed by atoms with Crippen LogP contribution in [0.25, 0.3) is 10.9 Å². The topological polar surface area (TPSA) is 82.9 Å². The summed E-state index contributed by atoms with van der Waals surface area (Å²) in [6.45, 7) is 0. The average molecular weight is 380 g/mol. The number of aromatic nitrogens is 1. The number of nitriles is 1. The fourth-order valence-corrected chi connectivity index (χ4v) is 3.21. The van der Waals surface area contributed by atoms with Crippen LogP contribution in [0.3, 0.4) is 0 Å². The van der Waals surface area contributed by atoms with Crippen molar-refractivity contribution in [3.63, 3.8) is 0 Å². The summed E-state index contributed by atoms with van der Waals surface area (Å²) >= 11 is 0. The molecule has 140 valence electrons. The Kier molecular flexibility index (Phi) is 4.91. The van der Waals surface area contributed by atoms with Crippen molar-refractivity contribution in [3.05, 3.63) is 107 Å². The van der Waals surface area contributed by atoms with E-state index in [1.807, 2.05) is 36.4 Å². The van der Waals surface area contributed by atoms with E-state index in [9.17, 15) is 9.59 Å². The highest BCUT2D eigenvalue weighted by molar-refractivity contribution is 6.11. The number of benzene rings is 3. The number of ether oxygens (including phenoxy) is 1. The quantitative estimate of drug-likeness (QED) is 0.397. The standard InChI is InChI=1S/C24H16N2O3/c25-14-16-7-6-10-18(13-16)24(28)29-23(17-8-2-1-3-9-17)22(27)20-15-26-21-12-5-4-11-19(20)21/h1-13,15,23,26H. The van der Waals surface area contributed by atoms with Gasteiger partial charge in [-0.2, -0.15) is 5.26 Å². The van der Waals surface area contributed by atoms with Crippen LogP contribution in [0.15, 0.2) is 85.1 Å². The van der Waals surface area contributed by atoms with Crippen LogP contribution in [-0.4, -0.2) is 16.7 Å². The SMILES string of the molecule is N#Cc1cccc(C(=O)OC(C(=O)c2c[nH]c3ccccc23)c2ccccc2)c1. The van der Waals surface area contributed by atoms with E-state index in [1.165, 1.54) is 6.07 Å². The molecule has 0 spiro atoms. The number of carbonyl (C=O) groups excluding carboxylic acids is 2. The van der Waals surface area contributed by atoms with Crippen molar-refractivity contribution in [1.29, 1.82) is 5.26 Å². The van der Waals surface area contributed by atoms with Gasteiger partial charge in [0.05, 0.1) is 17.2 Å². The molecule has 0 aliphatic heterocycles. The van der Waals surface area contributed by atoms with Gasteiger partial charge in [0.25, 0.3) is 0 Å². The summed E-state index contributed by atoms with van der Waals surface area (Å²) in [7, 11) is 0. The molecule has 0 aliphatic carbocycles. The monoisotopic (exact) mass is 380 g/mol. The first-order chi connectivity index (χ1) is 14.2. The van der Waals surface area contributed by atoms with Crippen LogP contribution >= 0.6 is 0 Å². The van der Waals surface area contributed by atoms with Crippen molar-refractivity contribution in [2.75, 3.05) is 0 Å². The number of hydrogen-bond acceptors (Lipinski definition) is 4. The summed E-state index contributed by atoms with van der Waals surface area (Å²) in [5.74, 6) is -0.984. The molecular formula is C24H16N2O3. The first kappa shape index (κ1) is 18.2. The highest BCUT2D eigenvalue weighted by Crippen LogP contribution is 2.28. The van der Waals surface area contributed by atoms with Crippen LogP contribution in [0.4, 0.5) is 0 Å². The second kappa shape index (κ2) is 7.83. The molecule has 4 rings (SSSR count). The van der Waals surface area contributed by atoms with Gasteiger partial charge in [0, 0.05) is 28.2 Å². The van der Waals surface area contributed by atoms with Crippen molar-refractivity contribution < 1.29 is 14.3 Å². The fraction of sp³-hybridized carbons (Fsp3) is 0.0417. The second-order valence-corrected chi connectivity index (χ2v) is 6.50. The Morgan fingerprint density at radius 3 is 2.48 bits per heavy atom. The predicted octanol–water partition coefficient (Wildman–Crippen LogP) is 4.82. The Balaban J connectivity index is 1.71. The van der Waals surface area contributed by atoms with Gasteiger partial charge < -0.3 is 9.72 Å². The van der Waals surface area contributed by atoms with E-state index in [0.717, 1.165) is 10.9 Å². The van der Waals surface area contributed by atoms with Crippen molar-refractivity contribution in [1.82, 2.24) is 4.98 Å². The second-order valence-electron chi connectivity index (χ2n) is 6.50. The Morgan fingerprint density at radius 2 is 1.69 bits per heavy atom. The number of carbonyl (C=O) groups is 2. The summed E-state index contributed by atoms with van der Waals surface area (Å²) in [4.78, 5) is 29.2. The van der Waals surface area contributed by atoms with Crippen LogP contribution in [0, 0.1) is 11.3 Å². The summed E-state index contributed by atoms with van der Waals surface area (Å²) in [5.41, 5.74) is 2.42. The van der Waals surface area contributed by atoms with Crippen LogP contribution in [-0.2, 0) is 4.74 Å². The molecule has 0 radical (unpaired) electrons. The first-order valence-electron chi connectivity index (χ1n) is 9.04. The molecule has 0 saturated heterocycles. The molecule has 1 aromatic heterocycles. The summed E-state index contributed by atoms with van der Waals surface area (Å²) in [6, 6.07) is 24.5. The van der Waals surface area contributed by atoms with Crippen molar-refractivity contribution in [2.45, 2.75) is 6.10 Å². The van der Waals surface area contributed by atoms with E-state index in [0.29, 0.717) is 16.7 Å². The van der Waals surface area contributed by atoms with Crippen molar-refractivity contribution in [3.8, 4) is 6.07 Å². The highest BCUT2D eigenvalue weighted by atomic mass is 16.5. The molecule has 5 heteroatoms. The van der Waals surface area contributed by atoms with Crippen LogP contribution in [0.2, 0.25) is 0 Å². The van der Waals surface area contributed by atoms with Gasteiger partial charge in [0.1, 0.15) is 0 Å². The van der Waals surface area contributed by atoms with Crippen LogP contribution in [0.5, 0.6) is 0 Å². The Morgan fingerprint density at radius 1 is 0.931 bits per heavy atom. The number of aromatic amines is 1. The normalized spacial score (nSPS) is 11.6. The minimum atomic E-state index is -1.10. The number of nitrogens with one attached hydrogen (secondary N) is 1. The zero-order valence-electron chi connectivity index (χ0n) is 15.3. The molecule has 0 aliphatic rings. The lowest BCUT2D eigenvalue weighted by molar-refractivity contribution is 0.0280. The zero-order valence-corrected chi connectivity index (χ0v) is 15.3. The molecule has 1 N–H and O–H groups in total. The van der Waals surface area contributed by atoms with E-state index in [2.05, 4.69) is 4.98 Å². The third-order valence-electron chi connectivity index (χ3n) is 4.65. The molecule has 4 aromatic rings. The third-order valence-corrected chi connectivity index (χ3v) is 4.65. The molecule has 5 nitrogen and oxygen atoms in total. The van der Waals surface area contributed by atoms with E-state index < -0.39 is 12.1 Å². The lowest BCUT2D eigenvalue weighted by Crippen LogP contribution is -2.20. The third kappa shape index (κ3) is 3.64. The smallest absolute Gasteiger partial charge is 0.339 e. The largest absolute Gasteiger partial charge is 0.445 e. The summed E-state index contributed by atoms with van der Waals surface area (Å²) in [5, 5.41) is 9.82. The Labute approximate surface area is 167 Å². The van der Waals surface area contributed by atoms with Crippen LogP contribution in [0.1, 0.15) is 37.9 Å². The number of fused-ring (bicyclic) bond motifs is 1. The fourth-order valence-electron chi connectivity index (χ4n) is 3.21. The summed E-state index contributed by atoms with van der Waals surface area (Å²) in [6.07, 6.45) is 0.529. The number of para-hydroxylation sites is 1. The van der Waals surface area contributed by atoms with Gasteiger partial charge in [-0.25, -0.2) is 4.79 Å². The minimum absolute atomic E-state index is 0.219. The maximum Gasteiger partial charge on any atom is 0.339 e. The van der Waals surface area contributed by atoms with Gasteiger partial charge in [-0.15, -0.1) is 0 Å². The molecule has 0 saturated carbocycles. The number of esters is 1. The van der Waals surface area contributed by atoms with Crippen molar-refractivity contribution in [2.24, 2.45) is 0 Å². The maximum absolute atomic E-state index is 13.4. The van der Waals surface area contributed by atoms with Gasteiger partial charge in [0.2, 0.25) is 5.78 Å². The number of nitrogens with zero attached hydrogens (tertiary/aromatic N) is 1. The maximum atomic E-state index is 13.4. The number of Topliss-reactive ketones (excluding diaryl/α,β-unsaturated/α-hetero) is 1. The lowest BCUT2D eigenvalue weighted by atomic mass is 9.99. The van der Waals surface area contributed by atoms with E-state index in [-0.39, 0.29) is 11.3 Å². The molecular weight excluding hydrogens is 364 g/mol. The highest BCUT2D eigenvalue weighted by Gasteiger charge is 2.28. The molecule has 1 unspecified atom stereocenters. The molecule has 1 heterocycles. The van der Waals surface area contributed by atoms with Gasteiger partial charge in [-0.05, 0) is 24.3 Å². The van der Waals surface area contributed by atoms with Crippen LogP contribution < -0.4 is 0 Å². The number of rotatable bonds is 5. The number of H-pyrrole nitrogens is 1. The molecule has 29 heavy (non-hydrogen) atoms. The predicted molar refractivity (Wildman–Crippen MR) is 108 cm³/mol. The van der Waals surface area contributed by atoms with E-state index in [1.54, 1.807) is 48.7 Å². The van der Waals surface area contributed by atoms with Crippen molar-refractivity contribution >= 4 is 22.7 Å². The molecule has 3 aromatic carbocycles. The Hall–Kier alpha value is -4.17. The minimum Gasteiger partial charge on any atom is -0.445 e. The van der Waals surface area contributed by atoms with Gasteiger partial charge >= 0.3 is 5.97 Å². The first-order valence-corrected chi connectivity index (χ1v) is 9.04. The molecule has 1 atom stereocenters. The zero-order chi connectivity index (χ0) is 20.2. The number of hydrogen-bond donors (Lipinski definition) is 1. The molecule has 0 fully saturated rings. The van der Waals surface area contributed by atoms with Gasteiger partial charge in [-0.3, -0.25) is 4.79 Å².